The van der Waals surface area contributed by atoms with Gasteiger partial charge in [-0.3, -0.25) is 0 Å². The van der Waals surface area contributed by atoms with Crippen LogP contribution in [-0.4, -0.2) is 22.9 Å². The molecule has 1 unspecified atom stereocenters. The van der Waals surface area contributed by atoms with Crippen LogP contribution in [0.25, 0.3) is 0 Å². The summed E-state index contributed by atoms with van der Waals surface area (Å²) in [5, 5.41) is 11.3. The monoisotopic (exact) mass is 286 g/mol. The minimum atomic E-state index is -0.530. The van der Waals surface area contributed by atoms with Crippen molar-refractivity contribution in [3.05, 3.63) is 35.4 Å². The minimum absolute atomic E-state index is 0.0890. The Morgan fingerprint density at radius 1 is 1.00 bits per heavy atom. The topological polar surface area (TPSA) is 29.5 Å². The van der Waals surface area contributed by atoms with Crippen molar-refractivity contribution >= 4 is 0 Å². The number of aliphatic hydroxyl groups is 1. The number of benzene rings is 1. The first-order valence-corrected chi connectivity index (χ1v) is 8.62. The highest BCUT2D eigenvalue weighted by Gasteiger charge is 2.48. The average molecular weight is 286 g/mol. The Kier molecular flexibility index (Phi) is 3.35. The molecule has 0 aromatic heterocycles. The zero-order chi connectivity index (χ0) is 14.3. The molecule has 0 amide bonds. The maximum Gasteiger partial charge on any atom is 0.0758 e. The van der Waals surface area contributed by atoms with Crippen molar-refractivity contribution in [2.75, 3.05) is 6.61 Å². The van der Waals surface area contributed by atoms with Crippen LogP contribution >= 0.6 is 0 Å². The third kappa shape index (κ3) is 2.43. The van der Waals surface area contributed by atoms with E-state index >= 15 is 0 Å². The Labute approximate surface area is 127 Å². The highest BCUT2D eigenvalue weighted by molar-refractivity contribution is 5.35. The van der Waals surface area contributed by atoms with E-state index in [1.54, 1.807) is 0 Å². The molecule has 1 heterocycles. The van der Waals surface area contributed by atoms with Gasteiger partial charge < -0.3 is 9.84 Å². The summed E-state index contributed by atoms with van der Waals surface area (Å²) < 4.78 is 6.21. The normalized spacial score (nSPS) is 30.2. The highest BCUT2D eigenvalue weighted by Crippen LogP contribution is 2.47. The van der Waals surface area contributed by atoms with Crippen molar-refractivity contribution in [3.63, 3.8) is 0 Å². The second kappa shape index (κ2) is 5.10. The molecule has 2 heteroatoms. The summed E-state index contributed by atoms with van der Waals surface area (Å²) in [7, 11) is 0. The van der Waals surface area contributed by atoms with Gasteiger partial charge in [0.1, 0.15) is 0 Å². The summed E-state index contributed by atoms with van der Waals surface area (Å²) in [5.74, 6) is 0.400. The first-order chi connectivity index (χ1) is 10.2. The second-order valence-electron chi connectivity index (χ2n) is 7.51. The molecule has 1 spiro atoms. The first-order valence-electron chi connectivity index (χ1n) is 8.62. The smallest absolute Gasteiger partial charge is 0.0758 e. The van der Waals surface area contributed by atoms with Crippen LogP contribution in [0.4, 0.5) is 0 Å². The van der Waals surface area contributed by atoms with Crippen molar-refractivity contribution < 1.29 is 9.84 Å². The zero-order valence-corrected chi connectivity index (χ0v) is 12.8. The predicted octanol–water partition coefficient (Wildman–Crippen LogP) is 3.65. The molecule has 2 aliphatic carbocycles. The van der Waals surface area contributed by atoms with Gasteiger partial charge in [-0.05, 0) is 42.7 Å². The molecular weight excluding hydrogens is 260 g/mol. The van der Waals surface area contributed by atoms with Crippen LogP contribution in [0.3, 0.4) is 0 Å². The Balaban J connectivity index is 1.54. The van der Waals surface area contributed by atoms with Gasteiger partial charge >= 0.3 is 0 Å². The molecule has 114 valence electrons. The Hall–Kier alpha value is -0.860. The standard InChI is InChI=1S/C19H26O2/c20-19(12-15-6-2-3-7-16(15)13-19)17-8-11-21-18(14-17)9-4-1-5-10-18/h2-3,6-7,17,20H,1,4-5,8-14H2. The van der Waals surface area contributed by atoms with E-state index in [-0.39, 0.29) is 5.60 Å². The van der Waals surface area contributed by atoms with Crippen LogP contribution in [-0.2, 0) is 17.6 Å². The van der Waals surface area contributed by atoms with Crippen LogP contribution in [0, 0.1) is 5.92 Å². The molecule has 1 aromatic rings. The average Bonchev–Trinajstić information content (AvgIpc) is 2.86. The van der Waals surface area contributed by atoms with E-state index in [2.05, 4.69) is 24.3 Å². The fraction of sp³-hybridized carbons (Fsp3) is 0.684. The third-order valence-electron chi connectivity index (χ3n) is 6.13. The Morgan fingerprint density at radius 3 is 2.33 bits per heavy atom. The van der Waals surface area contributed by atoms with Gasteiger partial charge in [0.25, 0.3) is 0 Å². The molecule has 3 aliphatic rings. The number of hydrogen-bond donors (Lipinski definition) is 1. The van der Waals surface area contributed by atoms with Crippen LogP contribution in [0.5, 0.6) is 0 Å². The number of hydrogen-bond acceptors (Lipinski definition) is 2. The van der Waals surface area contributed by atoms with E-state index in [9.17, 15) is 5.11 Å². The van der Waals surface area contributed by atoms with E-state index in [1.807, 2.05) is 0 Å². The minimum Gasteiger partial charge on any atom is -0.389 e. The van der Waals surface area contributed by atoms with Gasteiger partial charge in [0, 0.05) is 19.4 Å². The van der Waals surface area contributed by atoms with Crippen molar-refractivity contribution in [1.82, 2.24) is 0 Å². The largest absolute Gasteiger partial charge is 0.389 e. The summed E-state index contributed by atoms with van der Waals surface area (Å²) in [4.78, 5) is 0. The first kappa shape index (κ1) is 13.8. The maximum absolute atomic E-state index is 11.3. The molecule has 1 atom stereocenters. The van der Waals surface area contributed by atoms with Gasteiger partial charge in [0.05, 0.1) is 11.2 Å². The van der Waals surface area contributed by atoms with Crippen LogP contribution in [0.2, 0.25) is 0 Å². The summed E-state index contributed by atoms with van der Waals surface area (Å²) in [5.41, 5.74) is 2.26. The second-order valence-corrected chi connectivity index (χ2v) is 7.51. The van der Waals surface area contributed by atoms with E-state index < -0.39 is 5.60 Å². The molecule has 2 nitrogen and oxygen atoms in total. The summed E-state index contributed by atoms with van der Waals surface area (Å²) in [6, 6.07) is 8.56. The lowest BCUT2D eigenvalue weighted by Gasteiger charge is -2.47. The molecule has 2 fully saturated rings. The van der Waals surface area contributed by atoms with Gasteiger partial charge in [0.2, 0.25) is 0 Å². The number of fused-ring (bicyclic) bond motifs is 1. The van der Waals surface area contributed by atoms with Crippen molar-refractivity contribution in [2.45, 2.75) is 69.0 Å². The highest BCUT2D eigenvalue weighted by atomic mass is 16.5. The van der Waals surface area contributed by atoms with Gasteiger partial charge in [-0.1, -0.05) is 43.5 Å². The van der Waals surface area contributed by atoms with Gasteiger partial charge in [0.15, 0.2) is 0 Å². The summed E-state index contributed by atoms with van der Waals surface area (Å²) in [6.45, 7) is 0.837. The molecule has 1 aromatic carbocycles. The zero-order valence-electron chi connectivity index (χ0n) is 12.8. The van der Waals surface area contributed by atoms with Crippen molar-refractivity contribution in [3.8, 4) is 0 Å². The van der Waals surface area contributed by atoms with Crippen LogP contribution in [0.15, 0.2) is 24.3 Å². The van der Waals surface area contributed by atoms with Gasteiger partial charge in [-0.2, -0.15) is 0 Å². The van der Waals surface area contributed by atoms with Crippen molar-refractivity contribution in [2.24, 2.45) is 5.92 Å². The molecule has 0 radical (unpaired) electrons. The van der Waals surface area contributed by atoms with E-state index in [1.165, 1.54) is 43.2 Å². The number of ether oxygens (including phenoxy) is 1. The lowest BCUT2D eigenvalue weighted by Crippen LogP contribution is -2.49. The van der Waals surface area contributed by atoms with E-state index in [4.69, 9.17) is 4.74 Å². The fourth-order valence-electron chi connectivity index (χ4n) is 4.94. The maximum atomic E-state index is 11.3. The van der Waals surface area contributed by atoms with E-state index in [0.717, 1.165) is 32.3 Å². The predicted molar refractivity (Wildman–Crippen MR) is 83.3 cm³/mol. The Bertz CT molecular complexity index is 486. The van der Waals surface area contributed by atoms with Crippen molar-refractivity contribution in [1.29, 1.82) is 0 Å². The van der Waals surface area contributed by atoms with E-state index in [0.29, 0.717) is 5.92 Å². The molecule has 0 bridgehead atoms. The summed E-state index contributed by atoms with van der Waals surface area (Å²) >= 11 is 0. The SMILES string of the molecule is OC1(C2CCOC3(CCCCC3)C2)Cc2ccccc2C1. The van der Waals surface area contributed by atoms with Crippen LogP contribution < -0.4 is 0 Å². The fourth-order valence-corrected chi connectivity index (χ4v) is 4.94. The van der Waals surface area contributed by atoms with Gasteiger partial charge in [-0.25, -0.2) is 0 Å². The van der Waals surface area contributed by atoms with Gasteiger partial charge in [-0.15, -0.1) is 0 Å². The molecule has 21 heavy (non-hydrogen) atoms. The molecule has 1 aliphatic heterocycles. The summed E-state index contributed by atoms with van der Waals surface area (Å²) in [6.07, 6.45) is 10.1. The molecule has 1 N–H and O–H groups in total. The Morgan fingerprint density at radius 2 is 1.67 bits per heavy atom. The lowest BCUT2D eigenvalue weighted by molar-refractivity contribution is -0.154. The number of rotatable bonds is 1. The quantitative estimate of drug-likeness (QED) is 0.854. The molecular formula is C19H26O2. The van der Waals surface area contributed by atoms with Crippen LogP contribution in [0.1, 0.15) is 56.1 Å². The molecule has 1 saturated heterocycles. The molecule has 1 saturated carbocycles. The lowest BCUT2D eigenvalue weighted by atomic mass is 9.70. The molecule has 4 rings (SSSR count). The third-order valence-corrected chi connectivity index (χ3v) is 6.13.